The van der Waals surface area contributed by atoms with Crippen molar-refractivity contribution in [3.63, 3.8) is 0 Å². The minimum atomic E-state index is -0.773. The number of carbonyl (C=O) groups excluding carboxylic acids is 3. The Morgan fingerprint density at radius 2 is 1.71 bits per heavy atom. The lowest BCUT2D eigenvalue weighted by molar-refractivity contribution is -0.140. The van der Waals surface area contributed by atoms with Crippen molar-refractivity contribution in [2.75, 3.05) is 46.0 Å². The van der Waals surface area contributed by atoms with Gasteiger partial charge < -0.3 is 25.2 Å². The number of ketones is 1. The molecule has 2 aromatic carbocycles. The summed E-state index contributed by atoms with van der Waals surface area (Å²) in [5.74, 6) is -1.79. The number of aliphatic hydroxyl groups is 1. The highest BCUT2D eigenvalue weighted by molar-refractivity contribution is 9.10. The van der Waals surface area contributed by atoms with Crippen molar-refractivity contribution in [3.05, 3.63) is 69.7 Å². The van der Waals surface area contributed by atoms with Gasteiger partial charge in [0.05, 0.1) is 24.8 Å². The maximum absolute atomic E-state index is 13.1. The van der Waals surface area contributed by atoms with E-state index in [2.05, 4.69) is 20.8 Å². The topological polar surface area (TPSA) is 122 Å². The first-order valence-corrected chi connectivity index (χ1v) is 12.0. The van der Waals surface area contributed by atoms with Crippen LogP contribution in [-0.4, -0.2) is 78.5 Å². The summed E-state index contributed by atoms with van der Waals surface area (Å²) in [4.78, 5) is 40.9. The van der Waals surface area contributed by atoms with E-state index in [1.807, 2.05) is 0 Å². The molecule has 1 unspecified atom stereocenters. The van der Waals surface area contributed by atoms with Crippen LogP contribution in [0.3, 0.4) is 0 Å². The maximum Gasteiger partial charge on any atom is 0.295 e. The van der Waals surface area contributed by atoms with Crippen molar-refractivity contribution in [3.8, 4) is 5.75 Å². The van der Waals surface area contributed by atoms with E-state index >= 15 is 0 Å². The highest BCUT2D eigenvalue weighted by atomic mass is 79.9. The first-order chi connectivity index (χ1) is 16.8. The smallest absolute Gasteiger partial charge is 0.295 e. The lowest BCUT2D eigenvalue weighted by Gasteiger charge is -2.31. The first kappa shape index (κ1) is 24.9. The molecular formula is C25H26BrN3O6. The molecule has 4 rings (SSSR count). The van der Waals surface area contributed by atoms with Gasteiger partial charge in [-0.1, -0.05) is 40.2 Å². The second kappa shape index (κ2) is 11.0. The Bertz CT molecular complexity index is 1130. The minimum Gasteiger partial charge on any atom is -0.507 e. The zero-order valence-electron chi connectivity index (χ0n) is 19.0. The molecule has 0 aliphatic carbocycles. The van der Waals surface area contributed by atoms with Crippen LogP contribution < -0.4 is 10.5 Å². The van der Waals surface area contributed by atoms with Gasteiger partial charge in [0.1, 0.15) is 11.5 Å². The summed E-state index contributed by atoms with van der Waals surface area (Å²) in [6.07, 6.45) is 0. The van der Waals surface area contributed by atoms with Crippen LogP contribution >= 0.6 is 15.9 Å². The third-order valence-electron chi connectivity index (χ3n) is 6.00. The molecule has 184 valence electrons. The Hall–Kier alpha value is -3.21. The van der Waals surface area contributed by atoms with E-state index in [1.54, 1.807) is 48.5 Å². The fraction of sp³-hybridized carbons (Fsp3) is 0.320. The van der Waals surface area contributed by atoms with Gasteiger partial charge in [-0.2, -0.15) is 0 Å². The number of Topliss-reactive ketones (excluding diaryl/α,β-unsaturated/α-hetero) is 1. The molecule has 0 saturated carbocycles. The molecular weight excluding hydrogens is 518 g/mol. The number of morpholine rings is 1. The van der Waals surface area contributed by atoms with Crippen LogP contribution in [0, 0.1) is 0 Å². The van der Waals surface area contributed by atoms with Gasteiger partial charge in [0.25, 0.3) is 17.6 Å². The fourth-order valence-electron chi connectivity index (χ4n) is 4.20. The van der Waals surface area contributed by atoms with Crippen LogP contribution in [0.5, 0.6) is 5.75 Å². The second-order valence-corrected chi connectivity index (χ2v) is 9.19. The third-order valence-corrected chi connectivity index (χ3v) is 6.52. The van der Waals surface area contributed by atoms with E-state index in [4.69, 9.17) is 15.2 Å². The van der Waals surface area contributed by atoms with Crippen molar-refractivity contribution in [1.29, 1.82) is 0 Å². The molecule has 9 nitrogen and oxygen atoms in total. The number of likely N-dealkylation sites (tertiary alicyclic amines) is 1. The normalized spacial score (nSPS) is 20.3. The van der Waals surface area contributed by atoms with Gasteiger partial charge in [0, 0.05) is 36.2 Å². The quantitative estimate of drug-likeness (QED) is 0.297. The molecule has 2 fully saturated rings. The van der Waals surface area contributed by atoms with E-state index < -0.39 is 23.6 Å². The predicted octanol–water partition coefficient (Wildman–Crippen LogP) is 2.07. The number of nitrogens with two attached hydrogens (primary N) is 1. The van der Waals surface area contributed by atoms with E-state index in [-0.39, 0.29) is 17.9 Å². The van der Waals surface area contributed by atoms with Crippen molar-refractivity contribution >= 4 is 39.3 Å². The van der Waals surface area contributed by atoms with Gasteiger partial charge >= 0.3 is 0 Å². The van der Waals surface area contributed by atoms with E-state index in [0.717, 1.165) is 17.6 Å². The van der Waals surface area contributed by atoms with Crippen LogP contribution in [0.4, 0.5) is 0 Å². The number of hydrogen-bond acceptors (Lipinski definition) is 7. The molecule has 2 amide bonds. The number of nitrogens with zero attached hydrogens (tertiary/aromatic N) is 2. The fourth-order valence-corrected chi connectivity index (χ4v) is 4.46. The van der Waals surface area contributed by atoms with Gasteiger partial charge in [-0.15, -0.1) is 0 Å². The SMILES string of the molecule is NC(=O)COc1ccc(C2C(=C(O)c3ccc(Br)cc3)C(=O)C(=O)N2CCN2CCOCC2)cc1. The molecule has 2 heterocycles. The summed E-state index contributed by atoms with van der Waals surface area (Å²) in [5.41, 5.74) is 6.24. The van der Waals surface area contributed by atoms with Gasteiger partial charge in [-0.3, -0.25) is 19.3 Å². The number of primary amides is 1. The van der Waals surface area contributed by atoms with Gasteiger partial charge in [-0.05, 0) is 29.8 Å². The number of amides is 2. The molecule has 35 heavy (non-hydrogen) atoms. The zero-order chi connectivity index (χ0) is 24.9. The average Bonchev–Trinajstić information content (AvgIpc) is 3.12. The van der Waals surface area contributed by atoms with Crippen molar-refractivity contribution in [2.24, 2.45) is 5.73 Å². The number of rotatable bonds is 8. The number of hydrogen-bond donors (Lipinski definition) is 2. The molecule has 1 atom stereocenters. The maximum atomic E-state index is 13.1. The Kier molecular flexibility index (Phi) is 7.84. The lowest BCUT2D eigenvalue weighted by Crippen LogP contribution is -2.42. The number of aliphatic hydroxyl groups excluding tert-OH is 1. The Morgan fingerprint density at radius 3 is 2.34 bits per heavy atom. The monoisotopic (exact) mass is 543 g/mol. The number of carbonyl (C=O) groups is 3. The lowest BCUT2D eigenvalue weighted by atomic mass is 9.95. The largest absolute Gasteiger partial charge is 0.507 e. The van der Waals surface area contributed by atoms with Gasteiger partial charge in [0.2, 0.25) is 0 Å². The van der Waals surface area contributed by atoms with Crippen LogP contribution in [0.25, 0.3) is 5.76 Å². The van der Waals surface area contributed by atoms with Crippen molar-refractivity contribution in [2.45, 2.75) is 6.04 Å². The van der Waals surface area contributed by atoms with Crippen LogP contribution in [-0.2, 0) is 19.1 Å². The van der Waals surface area contributed by atoms with Crippen LogP contribution in [0.1, 0.15) is 17.2 Å². The summed E-state index contributed by atoms with van der Waals surface area (Å²) in [5, 5.41) is 11.1. The summed E-state index contributed by atoms with van der Waals surface area (Å²) in [6, 6.07) is 12.8. The molecule has 2 aliphatic rings. The highest BCUT2D eigenvalue weighted by Gasteiger charge is 2.46. The Morgan fingerprint density at radius 1 is 1.06 bits per heavy atom. The van der Waals surface area contributed by atoms with Crippen LogP contribution in [0.2, 0.25) is 0 Å². The molecule has 3 N–H and O–H groups in total. The molecule has 0 radical (unpaired) electrons. The summed E-state index contributed by atoms with van der Waals surface area (Å²) >= 11 is 3.36. The summed E-state index contributed by atoms with van der Waals surface area (Å²) in [7, 11) is 0. The van der Waals surface area contributed by atoms with Crippen LogP contribution in [0.15, 0.2) is 58.6 Å². The zero-order valence-corrected chi connectivity index (χ0v) is 20.6. The molecule has 0 aromatic heterocycles. The minimum absolute atomic E-state index is 0.0325. The molecule has 2 aliphatic heterocycles. The number of ether oxygens (including phenoxy) is 2. The molecule has 2 aromatic rings. The Balaban J connectivity index is 1.69. The van der Waals surface area contributed by atoms with Gasteiger partial charge in [-0.25, -0.2) is 0 Å². The van der Waals surface area contributed by atoms with Crippen molar-refractivity contribution < 1.29 is 29.0 Å². The van der Waals surface area contributed by atoms with E-state index in [1.165, 1.54) is 4.90 Å². The molecule has 0 bridgehead atoms. The molecule has 2 saturated heterocycles. The predicted molar refractivity (Wildman–Crippen MR) is 132 cm³/mol. The first-order valence-electron chi connectivity index (χ1n) is 11.2. The standard InChI is InChI=1S/C25H26BrN3O6/c26-18-5-1-17(2-6-18)23(31)21-22(16-3-7-19(8-4-16)35-15-20(27)30)29(25(33)24(21)32)10-9-28-11-13-34-14-12-28/h1-8,22,31H,9-15H2,(H2,27,30). The van der Waals surface area contributed by atoms with E-state index in [9.17, 15) is 19.5 Å². The second-order valence-electron chi connectivity index (χ2n) is 8.28. The van der Waals surface area contributed by atoms with E-state index in [0.29, 0.717) is 43.2 Å². The third kappa shape index (κ3) is 5.72. The summed E-state index contributed by atoms with van der Waals surface area (Å²) < 4.78 is 11.5. The van der Waals surface area contributed by atoms with Gasteiger partial charge in [0.15, 0.2) is 6.61 Å². The average molecular weight is 544 g/mol. The molecule has 0 spiro atoms. The molecule has 10 heteroatoms. The Labute approximate surface area is 211 Å². The number of halogens is 1. The summed E-state index contributed by atoms with van der Waals surface area (Å²) in [6.45, 7) is 3.37. The van der Waals surface area contributed by atoms with Crippen molar-refractivity contribution in [1.82, 2.24) is 9.80 Å². The number of benzene rings is 2. The highest BCUT2D eigenvalue weighted by Crippen LogP contribution is 2.39.